The van der Waals surface area contributed by atoms with Crippen LogP contribution >= 0.6 is 12.4 Å². The first-order chi connectivity index (χ1) is 11.9. The van der Waals surface area contributed by atoms with Crippen LogP contribution in [0.1, 0.15) is 38.2 Å². The Kier molecular flexibility index (Phi) is 6.26. The number of hydrogen-bond donors (Lipinski definition) is 3. The molecule has 1 aliphatic carbocycles. The largest absolute Gasteiger partial charge is 0.326 e. The van der Waals surface area contributed by atoms with Gasteiger partial charge in [0.1, 0.15) is 12.1 Å². The Labute approximate surface area is 159 Å². The van der Waals surface area contributed by atoms with Crippen LogP contribution in [0.3, 0.4) is 0 Å². The molecule has 2 fully saturated rings. The van der Waals surface area contributed by atoms with Gasteiger partial charge in [-0.05, 0) is 49.3 Å². The molecule has 1 saturated heterocycles. The zero-order valence-corrected chi connectivity index (χ0v) is 15.6. The van der Waals surface area contributed by atoms with E-state index in [0.29, 0.717) is 31.0 Å². The Morgan fingerprint density at radius 2 is 1.88 bits per heavy atom. The second-order valence-corrected chi connectivity index (χ2v) is 7.04. The number of benzene rings is 1. The summed E-state index contributed by atoms with van der Waals surface area (Å²) in [5.74, 6) is -0.118. The molecule has 4 amide bonds. The Hall–Kier alpha value is -2.12. The topological polar surface area (TPSA) is 105 Å². The van der Waals surface area contributed by atoms with Gasteiger partial charge in [-0.1, -0.05) is 19.1 Å². The lowest BCUT2D eigenvalue weighted by atomic mass is 9.77. The molecule has 1 aliphatic heterocycles. The number of imide groups is 1. The zero-order valence-electron chi connectivity index (χ0n) is 14.8. The summed E-state index contributed by atoms with van der Waals surface area (Å²) in [6.45, 7) is 2.30. The summed E-state index contributed by atoms with van der Waals surface area (Å²) in [5.41, 5.74) is 6.29. The molecule has 1 saturated carbocycles. The van der Waals surface area contributed by atoms with Crippen LogP contribution in [0, 0.1) is 5.92 Å². The molecule has 142 valence electrons. The van der Waals surface area contributed by atoms with Gasteiger partial charge in [0, 0.05) is 12.2 Å². The number of anilines is 1. The van der Waals surface area contributed by atoms with Crippen LogP contribution in [-0.4, -0.2) is 34.8 Å². The van der Waals surface area contributed by atoms with Gasteiger partial charge in [0.2, 0.25) is 5.91 Å². The van der Waals surface area contributed by atoms with E-state index >= 15 is 0 Å². The molecule has 0 atom stereocenters. The maximum Gasteiger partial charge on any atom is 0.325 e. The number of nitrogens with two attached hydrogens (primary N) is 1. The van der Waals surface area contributed by atoms with Crippen LogP contribution in [0.25, 0.3) is 0 Å². The van der Waals surface area contributed by atoms with Gasteiger partial charge in [-0.15, -0.1) is 12.4 Å². The van der Waals surface area contributed by atoms with E-state index in [1.165, 1.54) is 0 Å². The van der Waals surface area contributed by atoms with E-state index < -0.39 is 17.5 Å². The highest BCUT2D eigenvalue weighted by molar-refractivity contribution is 6.10. The summed E-state index contributed by atoms with van der Waals surface area (Å²) in [4.78, 5) is 38.2. The van der Waals surface area contributed by atoms with Crippen molar-refractivity contribution in [1.29, 1.82) is 0 Å². The van der Waals surface area contributed by atoms with E-state index in [1.54, 1.807) is 12.1 Å². The molecule has 0 unspecified atom stereocenters. The fraction of sp³-hybridized carbons (Fsp3) is 0.500. The molecule has 3 rings (SSSR count). The lowest BCUT2D eigenvalue weighted by molar-refractivity contribution is -0.135. The number of urea groups is 1. The second kappa shape index (κ2) is 8.05. The molecular weight excluding hydrogens is 356 g/mol. The van der Waals surface area contributed by atoms with Gasteiger partial charge in [-0.25, -0.2) is 4.79 Å². The first kappa shape index (κ1) is 20.2. The predicted octanol–water partition coefficient (Wildman–Crippen LogP) is 2.01. The Balaban J connectivity index is 0.00000243. The monoisotopic (exact) mass is 380 g/mol. The maximum absolute atomic E-state index is 12.7. The van der Waals surface area contributed by atoms with E-state index in [2.05, 4.69) is 17.6 Å². The third-order valence-electron chi connectivity index (χ3n) is 5.15. The third kappa shape index (κ3) is 3.99. The molecule has 8 heteroatoms. The molecule has 1 heterocycles. The van der Waals surface area contributed by atoms with Crippen molar-refractivity contribution in [3.05, 3.63) is 29.8 Å². The van der Waals surface area contributed by atoms with E-state index in [4.69, 9.17) is 5.73 Å². The van der Waals surface area contributed by atoms with Crippen molar-refractivity contribution in [2.45, 2.75) is 44.7 Å². The van der Waals surface area contributed by atoms with Gasteiger partial charge < -0.3 is 16.4 Å². The smallest absolute Gasteiger partial charge is 0.325 e. The lowest BCUT2D eigenvalue weighted by Crippen LogP contribution is -2.49. The molecule has 2 aliphatic rings. The van der Waals surface area contributed by atoms with Gasteiger partial charge >= 0.3 is 6.03 Å². The van der Waals surface area contributed by atoms with E-state index in [0.717, 1.165) is 23.3 Å². The molecule has 26 heavy (non-hydrogen) atoms. The van der Waals surface area contributed by atoms with Crippen molar-refractivity contribution in [3.8, 4) is 0 Å². The second-order valence-electron chi connectivity index (χ2n) is 7.04. The predicted molar refractivity (Wildman–Crippen MR) is 101 cm³/mol. The van der Waals surface area contributed by atoms with Crippen LogP contribution in [0.2, 0.25) is 0 Å². The normalized spacial score (nSPS) is 25.0. The van der Waals surface area contributed by atoms with E-state index in [1.807, 2.05) is 12.1 Å². The highest BCUT2D eigenvalue weighted by Crippen LogP contribution is 2.36. The number of halogens is 1. The number of carbonyl (C=O) groups excluding carboxylic acids is 3. The van der Waals surface area contributed by atoms with Gasteiger partial charge in [-0.2, -0.15) is 0 Å². The molecule has 0 bridgehead atoms. The SMILES string of the molecule is CC1CCC2(CC1)NC(=O)N(CC(=O)Nc1ccc(CN)cc1)C2=O.Cl. The lowest BCUT2D eigenvalue weighted by Gasteiger charge is -2.33. The van der Waals surface area contributed by atoms with Crippen molar-refractivity contribution in [3.63, 3.8) is 0 Å². The van der Waals surface area contributed by atoms with Crippen LogP contribution in [-0.2, 0) is 16.1 Å². The first-order valence-corrected chi connectivity index (χ1v) is 8.66. The Bertz CT molecular complexity index is 684. The fourth-order valence-corrected chi connectivity index (χ4v) is 3.48. The molecule has 1 aromatic carbocycles. The molecule has 0 aromatic heterocycles. The number of carbonyl (C=O) groups is 3. The number of hydrogen-bond acceptors (Lipinski definition) is 4. The van der Waals surface area contributed by atoms with E-state index in [9.17, 15) is 14.4 Å². The summed E-state index contributed by atoms with van der Waals surface area (Å²) >= 11 is 0. The minimum absolute atomic E-state index is 0. The molecule has 7 nitrogen and oxygen atoms in total. The van der Waals surface area contributed by atoms with Crippen molar-refractivity contribution in [2.24, 2.45) is 11.7 Å². The summed E-state index contributed by atoms with van der Waals surface area (Å²) in [6.07, 6.45) is 3.08. The van der Waals surface area contributed by atoms with Gasteiger partial charge in [0.15, 0.2) is 0 Å². The van der Waals surface area contributed by atoms with Gasteiger partial charge in [0.05, 0.1) is 0 Å². The summed E-state index contributed by atoms with van der Waals surface area (Å²) in [7, 11) is 0. The average Bonchev–Trinajstić information content (AvgIpc) is 2.83. The third-order valence-corrected chi connectivity index (χ3v) is 5.15. The molecule has 0 radical (unpaired) electrons. The van der Waals surface area contributed by atoms with Gasteiger partial charge in [-0.3, -0.25) is 14.5 Å². The summed E-state index contributed by atoms with van der Waals surface area (Å²) < 4.78 is 0. The zero-order chi connectivity index (χ0) is 18.0. The van der Waals surface area contributed by atoms with Crippen LogP contribution in [0.15, 0.2) is 24.3 Å². The average molecular weight is 381 g/mol. The van der Waals surface area contributed by atoms with Crippen molar-refractivity contribution >= 4 is 35.9 Å². The highest BCUT2D eigenvalue weighted by Gasteiger charge is 2.52. The van der Waals surface area contributed by atoms with Crippen LogP contribution in [0.5, 0.6) is 0 Å². The molecule has 4 N–H and O–H groups in total. The number of amides is 4. The van der Waals surface area contributed by atoms with E-state index in [-0.39, 0.29) is 24.9 Å². The Morgan fingerprint density at radius 3 is 2.46 bits per heavy atom. The number of nitrogens with zero attached hydrogens (tertiary/aromatic N) is 1. The van der Waals surface area contributed by atoms with Crippen LogP contribution < -0.4 is 16.4 Å². The summed E-state index contributed by atoms with van der Waals surface area (Å²) in [6, 6.07) is 6.66. The fourth-order valence-electron chi connectivity index (χ4n) is 3.48. The van der Waals surface area contributed by atoms with Crippen molar-refractivity contribution in [1.82, 2.24) is 10.2 Å². The number of rotatable bonds is 4. The maximum atomic E-state index is 12.7. The molecule has 1 spiro atoms. The standard InChI is InChI=1S/C18H24N4O3.ClH/c1-12-6-8-18(9-7-12)16(24)22(17(25)21-18)11-15(23)20-14-4-2-13(10-19)3-5-14;/h2-5,12H,6-11,19H2,1H3,(H,20,23)(H,21,25);1H. The molecular formula is C18H25ClN4O3. The molecule has 1 aromatic rings. The highest BCUT2D eigenvalue weighted by atomic mass is 35.5. The Morgan fingerprint density at radius 1 is 1.27 bits per heavy atom. The van der Waals surface area contributed by atoms with Crippen molar-refractivity contribution < 1.29 is 14.4 Å². The minimum Gasteiger partial charge on any atom is -0.326 e. The minimum atomic E-state index is -0.813. The van der Waals surface area contributed by atoms with Gasteiger partial charge in [0.25, 0.3) is 5.91 Å². The van der Waals surface area contributed by atoms with Crippen molar-refractivity contribution in [2.75, 3.05) is 11.9 Å². The summed E-state index contributed by atoms with van der Waals surface area (Å²) in [5, 5.41) is 5.52. The number of nitrogens with one attached hydrogen (secondary N) is 2. The first-order valence-electron chi connectivity index (χ1n) is 8.66. The quantitative estimate of drug-likeness (QED) is 0.695. The van der Waals surface area contributed by atoms with Crippen LogP contribution in [0.4, 0.5) is 10.5 Å².